The quantitative estimate of drug-likeness (QED) is 0.585. The molecule has 3 aromatic rings. The number of nitriles is 1. The number of ketones is 2. The second-order valence-corrected chi connectivity index (χ2v) is 5.21. The zero-order valence-electron chi connectivity index (χ0n) is 11.8. The van der Waals surface area contributed by atoms with Crippen molar-refractivity contribution in [2.24, 2.45) is 0 Å². The molecule has 2 aromatic carbocycles. The number of benzene rings is 2. The fraction of sp³-hybridized carbons (Fsp3) is 0. The van der Waals surface area contributed by atoms with Crippen LogP contribution >= 0.6 is 0 Å². The van der Waals surface area contributed by atoms with Crippen LogP contribution in [0.4, 0.5) is 0 Å². The summed E-state index contributed by atoms with van der Waals surface area (Å²) >= 11 is 0. The van der Waals surface area contributed by atoms with Crippen LogP contribution in [0.5, 0.6) is 0 Å². The molecular weight excluding hydrogens is 290 g/mol. The third-order valence-electron chi connectivity index (χ3n) is 3.83. The maximum absolute atomic E-state index is 12.5. The van der Waals surface area contributed by atoms with E-state index in [0.717, 1.165) is 0 Å². The largest absolute Gasteiger partial charge is 0.335 e. The van der Waals surface area contributed by atoms with Crippen LogP contribution in [0.25, 0.3) is 11.4 Å². The Hall–Kier alpha value is -3.52. The zero-order valence-corrected chi connectivity index (χ0v) is 11.8. The number of hydrogen-bond donors (Lipinski definition) is 1. The summed E-state index contributed by atoms with van der Waals surface area (Å²) < 4.78 is 0. The van der Waals surface area contributed by atoms with Gasteiger partial charge in [0.2, 0.25) is 11.6 Å². The highest BCUT2D eigenvalue weighted by Gasteiger charge is 2.33. The highest BCUT2D eigenvalue weighted by atomic mass is 16.1. The van der Waals surface area contributed by atoms with Gasteiger partial charge in [0.05, 0.1) is 11.6 Å². The van der Waals surface area contributed by atoms with Gasteiger partial charge < -0.3 is 4.98 Å². The molecule has 1 heterocycles. The number of carbonyl (C=O) groups excluding carboxylic acids is 2. The van der Waals surface area contributed by atoms with Crippen LogP contribution in [0.3, 0.4) is 0 Å². The van der Waals surface area contributed by atoms with Crippen LogP contribution in [0.15, 0.2) is 48.5 Å². The predicted octanol–water partition coefficient (Wildman–Crippen LogP) is 2.72. The van der Waals surface area contributed by atoms with Gasteiger partial charge in [-0.2, -0.15) is 5.26 Å². The first-order valence-corrected chi connectivity index (χ1v) is 6.98. The van der Waals surface area contributed by atoms with Crippen molar-refractivity contribution in [3.8, 4) is 17.5 Å². The number of rotatable bonds is 1. The maximum atomic E-state index is 12.5. The molecule has 1 aliphatic carbocycles. The molecule has 108 valence electrons. The average molecular weight is 299 g/mol. The monoisotopic (exact) mass is 299 g/mol. The third kappa shape index (κ3) is 1.89. The molecule has 1 aliphatic rings. The van der Waals surface area contributed by atoms with Gasteiger partial charge in [-0.1, -0.05) is 36.4 Å². The number of nitrogens with one attached hydrogen (secondary N) is 1. The molecule has 0 atom stereocenters. The van der Waals surface area contributed by atoms with E-state index in [-0.39, 0.29) is 23.0 Å². The van der Waals surface area contributed by atoms with Crippen LogP contribution in [0, 0.1) is 11.3 Å². The van der Waals surface area contributed by atoms with E-state index in [2.05, 4.69) is 16.0 Å². The molecule has 0 spiro atoms. The molecule has 0 saturated carbocycles. The van der Waals surface area contributed by atoms with Crippen molar-refractivity contribution in [3.05, 3.63) is 76.6 Å². The molecule has 23 heavy (non-hydrogen) atoms. The van der Waals surface area contributed by atoms with E-state index in [9.17, 15) is 9.59 Å². The van der Waals surface area contributed by atoms with Crippen molar-refractivity contribution >= 4 is 11.6 Å². The predicted molar refractivity (Wildman–Crippen MR) is 82.0 cm³/mol. The fourth-order valence-electron chi connectivity index (χ4n) is 2.72. The normalized spacial score (nSPS) is 12.5. The van der Waals surface area contributed by atoms with E-state index in [1.165, 1.54) is 0 Å². The van der Waals surface area contributed by atoms with Crippen LogP contribution in [0.1, 0.15) is 37.7 Å². The highest BCUT2D eigenvalue weighted by Crippen LogP contribution is 2.28. The summed E-state index contributed by atoms with van der Waals surface area (Å²) in [4.78, 5) is 32.3. The van der Waals surface area contributed by atoms with Gasteiger partial charge in [-0.3, -0.25) is 9.59 Å². The molecule has 4 rings (SSSR count). The lowest BCUT2D eigenvalue weighted by Gasteiger charge is -2.11. The number of H-pyrrole nitrogens is 1. The fourth-order valence-corrected chi connectivity index (χ4v) is 2.72. The Bertz CT molecular complexity index is 972. The topological polar surface area (TPSA) is 86.6 Å². The van der Waals surface area contributed by atoms with Crippen LogP contribution in [-0.2, 0) is 0 Å². The van der Waals surface area contributed by atoms with E-state index in [0.29, 0.717) is 28.1 Å². The minimum Gasteiger partial charge on any atom is -0.335 e. The molecule has 1 N–H and O–H groups in total. The summed E-state index contributed by atoms with van der Waals surface area (Å²) in [6.45, 7) is 0. The summed E-state index contributed by atoms with van der Waals surface area (Å²) in [5, 5.41) is 8.98. The molecule has 0 unspecified atom stereocenters. The van der Waals surface area contributed by atoms with Crippen molar-refractivity contribution in [1.29, 1.82) is 5.26 Å². The zero-order chi connectivity index (χ0) is 16.0. The Morgan fingerprint density at radius 2 is 1.70 bits per heavy atom. The molecule has 5 heteroatoms. The summed E-state index contributed by atoms with van der Waals surface area (Å²) in [7, 11) is 0. The Balaban J connectivity index is 1.89. The van der Waals surface area contributed by atoms with Crippen LogP contribution < -0.4 is 0 Å². The van der Waals surface area contributed by atoms with Gasteiger partial charge in [-0.15, -0.1) is 0 Å². The lowest BCUT2D eigenvalue weighted by atomic mass is 9.90. The molecule has 0 bridgehead atoms. The maximum Gasteiger partial charge on any atom is 0.214 e. The summed E-state index contributed by atoms with van der Waals surface area (Å²) in [5.74, 6) is -0.110. The molecular formula is C18H9N3O2. The number of nitrogens with zero attached hydrogens (tertiary/aromatic N) is 2. The highest BCUT2D eigenvalue weighted by molar-refractivity contribution is 6.27. The standard InChI is InChI=1S/C18H9N3O2/c19-9-10-4-3-5-11(8-10)18-20-14-15(21-18)17(23)13-7-2-1-6-12(13)16(14)22/h1-8H,(H,20,21). The summed E-state index contributed by atoms with van der Waals surface area (Å²) in [6, 6.07) is 15.6. The van der Waals surface area contributed by atoms with Gasteiger partial charge in [-0.25, -0.2) is 4.98 Å². The van der Waals surface area contributed by atoms with E-state index in [1.807, 2.05) is 0 Å². The molecule has 0 fully saturated rings. The van der Waals surface area contributed by atoms with Crippen molar-refractivity contribution in [2.45, 2.75) is 0 Å². The second kappa shape index (κ2) is 4.75. The number of carbonyl (C=O) groups is 2. The minimum absolute atomic E-state index is 0.131. The van der Waals surface area contributed by atoms with E-state index >= 15 is 0 Å². The van der Waals surface area contributed by atoms with Gasteiger partial charge in [0.1, 0.15) is 17.2 Å². The smallest absolute Gasteiger partial charge is 0.214 e. The number of fused-ring (bicyclic) bond motifs is 2. The van der Waals surface area contributed by atoms with Crippen molar-refractivity contribution in [1.82, 2.24) is 9.97 Å². The molecule has 0 radical (unpaired) electrons. The number of aromatic amines is 1. The first kappa shape index (κ1) is 13.2. The Labute approximate surface area is 131 Å². The van der Waals surface area contributed by atoms with Crippen LogP contribution in [-0.4, -0.2) is 21.5 Å². The SMILES string of the molecule is N#Cc1cccc(-c2nc3c([nH]2)C(=O)c2ccccc2C3=O)c1. The van der Waals surface area contributed by atoms with Gasteiger partial charge >= 0.3 is 0 Å². The number of aromatic nitrogens is 2. The van der Waals surface area contributed by atoms with Gasteiger partial charge in [0.25, 0.3) is 0 Å². The molecule has 0 aliphatic heterocycles. The van der Waals surface area contributed by atoms with Gasteiger partial charge in [0.15, 0.2) is 0 Å². The lowest BCUT2D eigenvalue weighted by Crippen LogP contribution is -2.20. The van der Waals surface area contributed by atoms with Crippen LogP contribution in [0.2, 0.25) is 0 Å². The first-order valence-electron chi connectivity index (χ1n) is 6.98. The third-order valence-corrected chi connectivity index (χ3v) is 3.83. The van der Waals surface area contributed by atoms with Gasteiger partial charge in [-0.05, 0) is 12.1 Å². The number of hydrogen-bond acceptors (Lipinski definition) is 4. The van der Waals surface area contributed by atoms with Crippen molar-refractivity contribution in [2.75, 3.05) is 0 Å². The van der Waals surface area contributed by atoms with E-state index in [1.54, 1.807) is 48.5 Å². The molecule has 5 nitrogen and oxygen atoms in total. The van der Waals surface area contributed by atoms with Crippen molar-refractivity contribution in [3.63, 3.8) is 0 Å². The number of imidazole rings is 1. The molecule has 1 aromatic heterocycles. The Morgan fingerprint density at radius 1 is 0.957 bits per heavy atom. The minimum atomic E-state index is -0.269. The Morgan fingerprint density at radius 3 is 2.43 bits per heavy atom. The van der Waals surface area contributed by atoms with E-state index in [4.69, 9.17) is 5.26 Å². The molecule has 0 amide bonds. The van der Waals surface area contributed by atoms with Gasteiger partial charge in [0, 0.05) is 16.7 Å². The summed E-state index contributed by atoms with van der Waals surface area (Å²) in [5.41, 5.74) is 2.22. The molecule has 0 saturated heterocycles. The van der Waals surface area contributed by atoms with Crippen molar-refractivity contribution < 1.29 is 9.59 Å². The first-order chi connectivity index (χ1) is 11.2. The van der Waals surface area contributed by atoms with E-state index < -0.39 is 0 Å². The average Bonchev–Trinajstić information content (AvgIpc) is 3.06. The Kier molecular flexibility index (Phi) is 2.72. The lowest BCUT2D eigenvalue weighted by molar-refractivity contribution is 0.0974. The second-order valence-electron chi connectivity index (χ2n) is 5.21. The summed E-state index contributed by atoms with van der Waals surface area (Å²) in [6.07, 6.45) is 0.